The summed E-state index contributed by atoms with van der Waals surface area (Å²) in [6.07, 6.45) is 0. The van der Waals surface area contributed by atoms with Crippen LogP contribution in [0.25, 0.3) is 0 Å². The van der Waals surface area contributed by atoms with Gasteiger partial charge in [-0.15, -0.1) is 0 Å². The molecule has 0 spiro atoms. The lowest BCUT2D eigenvalue weighted by atomic mass is 10.5. The van der Waals surface area contributed by atoms with Gasteiger partial charge in [-0.3, -0.25) is 19.7 Å². The van der Waals surface area contributed by atoms with E-state index in [1.54, 1.807) is 0 Å². The molecular formula is C9H15N3O4. The third-order valence-electron chi connectivity index (χ3n) is 1.51. The zero-order valence-electron chi connectivity index (χ0n) is 9.73. The van der Waals surface area contributed by atoms with E-state index in [1.807, 2.05) is 0 Å². The summed E-state index contributed by atoms with van der Waals surface area (Å²) in [5.74, 6) is -1.33. The van der Waals surface area contributed by atoms with E-state index in [2.05, 4.69) is 15.0 Å². The maximum atomic E-state index is 11.0. The molecule has 0 aliphatic heterocycles. The minimum atomic E-state index is -0.496. The van der Waals surface area contributed by atoms with Gasteiger partial charge < -0.3 is 9.64 Å². The summed E-state index contributed by atoms with van der Waals surface area (Å²) in [4.78, 5) is 37.5. The lowest BCUT2D eigenvalue weighted by Crippen LogP contribution is -2.44. The molecule has 0 aliphatic rings. The van der Waals surface area contributed by atoms with Crippen molar-refractivity contribution >= 4 is 23.7 Å². The predicted molar refractivity (Wildman–Crippen MR) is 56.6 cm³/mol. The molecule has 0 radical (unpaired) electrons. The van der Waals surface area contributed by atoms with Crippen LogP contribution in [0.15, 0.2) is 4.99 Å². The van der Waals surface area contributed by atoms with Gasteiger partial charge in [0.15, 0.2) is 0 Å². The van der Waals surface area contributed by atoms with Gasteiger partial charge in [0.25, 0.3) is 0 Å². The van der Waals surface area contributed by atoms with Crippen LogP contribution in [0, 0.1) is 0 Å². The second-order valence-corrected chi connectivity index (χ2v) is 3.07. The average molecular weight is 229 g/mol. The molecule has 0 aromatic heterocycles. The molecule has 0 unspecified atom stereocenters. The van der Waals surface area contributed by atoms with Crippen molar-refractivity contribution in [3.8, 4) is 0 Å². The molecule has 0 fully saturated rings. The maximum absolute atomic E-state index is 11.0. The van der Waals surface area contributed by atoms with Crippen molar-refractivity contribution in [3.05, 3.63) is 0 Å². The van der Waals surface area contributed by atoms with E-state index < -0.39 is 11.9 Å². The molecule has 0 aromatic rings. The van der Waals surface area contributed by atoms with Gasteiger partial charge in [0, 0.05) is 20.9 Å². The number of hydrogen-bond donors (Lipinski definition) is 1. The number of nitrogens with one attached hydrogen (secondary N) is 1. The second-order valence-electron chi connectivity index (χ2n) is 3.07. The standard InChI is InChI=1S/C9H15N3O4/c1-6(13)10-9(11-7(2)14)12(3)5-8(15)16-4/h5H2,1-4H3,(H,10,11,13,14). The third kappa shape index (κ3) is 5.74. The minimum absolute atomic E-state index is 0.0189. The monoisotopic (exact) mass is 229 g/mol. The van der Waals surface area contributed by atoms with Crippen LogP contribution in [0.2, 0.25) is 0 Å². The molecule has 16 heavy (non-hydrogen) atoms. The molecule has 0 atom stereocenters. The van der Waals surface area contributed by atoms with Crippen molar-refractivity contribution in [1.29, 1.82) is 0 Å². The first-order chi connectivity index (χ1) is 7.36. The summed E-state index contributed by atoms with van der Waals surface area (Å²) < 4.78 is 4.45. The van der Waals surface area contributed by atoms with Gasteiger partial charge in [-0.05, 0) is 0 Å². The van der Waals surface area contributed by atoms with Crippen molar-refractivity contribution in [2.75, 3.05) is 20.7 Å². The number of ether oxygens (including phenoxy) is 1. The van der Waals surface area contributed by atoms with Crippen LogP contribution in [0.4, 0.5) is 0 Å². The highest BCUT2D eigenvalue weighted by Gasteiger charge is 2.13. The van der Waals surface area contributed by atoms with Crippen molar-refractivity contribution in [3.63, 3.8) is 0 Å². The lowest BCUT2D eigenvalue weighted by Gasteiger charge is -2.19. The molecule has 7 nitrogen and oxygen atoms in total. The van der Waals surface area contributed by atoms with Crippen molar-refractivity contribution in [2.45, 2.75) is 13.8 Å². The van der Waals surface area contributed by atoms with E-state index in [1.165, 1.54) is 32.9 Å². The molecule has 0 aromatic carbocycles. The van der Waals surface area contributed by atoms with Crippen LogP contribution in [0.5, 0.6) is 0 Å². The normalized spacial score (nSPS) is 10.6. The van der Waals surface area contributed by atoms with E-state index >= 15 is 0 Å². The quantitative estimate of drug-likeness (QED) is 0.378. The predicted octanol–water partition coefficient (Wildman–Crippen LogP) is -0.870. The summed E-state index contributed by atoms with van der Waals surface area (Å²) >= 11 is 0. The summed E-state index contributed by atoms with van der Waals surface area (Å²) in [5.41, 5.74) is 0. The molecule has 0 heterocycles. The van der Waals surface area contributed by atoms with Crippen molar-refractivity contribution in [1.82, 2.24) is 10.2 Å². The largest absolute Gasteiger partial charge is 0.468 e. The first-order valence-electron chi connectivity index (χ1n) is 4.51. The minimum Gasteiger partial charge on any atom is -0.468 e. The topological polar surface area (TPSA) is 88.1 Å². The number of esters is 1. The van der Waals surface area contributed by atoms with Crippen LogP contribution >= 0.6 is 0 Å². The number of hydrogen-bond acceptors (Lipinski definition) is 4. The van der Waals surface area contributed by atoms with Crippen LogP contribution in [0.1, 0.15) is 13.8 Å². The van der Waals surface area contributed by atoms with Gasteiger partial charge in [0.05, 0.1) is 7.11 Å². The number of carbonyl (C=O) groups is 3. The molecule has 0 saturated heterocycles. The fraction of sp³-hybridized carbons (Fsp3) is 0.556. The van der Waals surface area contributed by atoms with Crippen LogP contribution in [0.3, 0.4) is 0 Å². The lowest BCUT2D eigenvalue weighted by molar-refractivity contribution is -0.141. The molecule has 90 valence electrons. The Morgan fingerprint density at radius 1 is 1.31 bits per heavy atom. The summed E-state index contributed by atoms with van der Waals surface area (Å²) in [7, 11) is 2.75. The number of guanidine groups is 1. The van der Waals surface area contributed by atoms with E-state index in [0.717, 1.165) is 0 Å². The van der Waals surface area contributed by atoms with Crippen LogP contribution in [-0.4, -0.2) is 49.3 Å². The summed E-state index contributed by atoms with van der Waals surface area (Å²) in [5, 5.41) is 2.35. The molecule has 0 bridgehead atoms. The number of aliphatic imine (C=N–C) groups is 1. The Balaban J connectivity index is 4.69. The van der Waals surface area contributed by atoms with Gasteiger partial charge in [0.1, 0.15) is 6.54 Å². The molecule has 7 heteroatoms. The highest BCUT2D eigenvalue weighted by Crippen LogP contribution is 1.89. The van der Waals surface area contributed by atoms with Gasteiger partial charge >= 0.3 is 5.97 Å². The van der Waals surface area contributed by atoms with E-state index in [0.29, 0.717) is 0 Å². The maximum Gasteiger partial charge on any atom is 0.325 e. The number of carbonyl (C=O) groups excluding carboxylic acids is 3. The number of amides is 2. The first kappa shape index (κ1) is 14.1. The van der Waals surface area contributed by atoms with Crippen LogP contribution in [-0.2, 0) is 19.1 Å². The van der Waals surface area contributed by atoms with Gasteiger partial charge in [-0.2, -0.15) is 4.99 Å². The number of rotatable bonds is 2. The van der Waals surface area contributed by atoms with Gasteiger partial charge in [-0.1, -0.05) is 0 Å². The number of nitrogens with zero attached hydrogens (tertiary/aromatic N) is 2. The SMILES string of the molecule is COC(=O)CN(C)C(=NC(C)=O)NC(C)=O. The zero-order valence-corrected chi connectivity index (χ0v) is 9.73. The Morgan fingerprint density at radius 3 is 2.25 bits per heavy atom. The van der Waals surface area contributed by atoms with Crippen molar-refractivity contribution < 1.29 is 19.1 Å². The molecule has 0 saturated carbocycles. The Kier molecular flexibility index (Phi) is 5.76. The van der Waals surface area contributed by atoms with Gasteiger partial charge in [0.2, 0.25) is 17.8 Å². The highest BCUT2D eigenvalue weighted by molar-refractivity contribution is 6.01. The van der Waals surface area contributed by atoms with Gasteiger partial charge in [-0.25, -0.2) is 0 Å². The van der Waals surface area contributed by atoms with E-state index in [-0.39, 0.29) is 18.4 Å². The second kappa shape index (κ2) is 6.54. The summed E-state index contributed by atoms with van der Waals surface area (Å²) in [6.45, 7) is 2.42. The van der Waals surface area contributed by atoms with Crippen molar-refractivity contribution in [2.24, 2.45) is 4.99 Å². The molecule has 0 rings (SSSR count). The highest BCUT2D eigenvalue weighted by atomic mass is 16.5. The molecule has 2 amide bonds. The smallest absolute Gasteiger partial charge is 0.325 e. The van der Waals surface area contributed by atoms with Crippen LogP contribution < -0.4 is 5.32 Å². The third-order valence-corrected chi connectivity index (χ3v) is 1.51. The van der Waals surface area contributed by atoms with E-state index in [4.69, 9.17) is 0 Å². The fourth-order valence-corrected chi connectivity index (χ4v) is 0.848. The Bertz CT molecular complexity index is 325. The number of likely N-dealkylation sites (N-methyl/N-ethyl adjacent to an activating group) is 1. The molecule has 0 aliphatic carbocycles. The Morgan fingerprint density at radius 2 is 1.88 bits per heavy atom. The van der Waals surface area contributed by atoms with E-state index in [9.17, 15) is 14.4 Å². The molecular weight excluding hydrogens is 214 g/mol. The number of methoxy groups -OCH3 is 1. The Hall–Kier alpha value is -1.92. The summed E-state index contributed by atoms with van der Waals surface area (Å²) in [6, 6.07) is 0. The average Bonchev–Trinajstić information content (AvgIpc) is 2.15. The molecule has 1 N–H and O–H groups in total. The fourth-order valence-electron chi connectivity index (χ4n) is 0.848. The first-order valence-corrected chi connectivity index (χ1v) is 4.51. The zero-order chi connectivity index (χ0) is 12.7. The Labute approximate surface area is 93.5 Å².